The first-order valence-electron chi connectivity index (χ1n) is 5.78. The first-order chi connectivity index (χ1) is 9.56. The van der Waals surface area contributed by atoms with E-state index in [1.54, 1.807) is 0 Å². The zero-order chi connectivity index (χ0) is 14.7. The van der Waals surface area contributed by atoms with Gasteiger partial charge in [0.1, 0.15) is 5.82 Å². The van der Waals surface area contributed by atoms with Gasteiger partial charge in [-0.05, 0) is 36.4 Å². The second kappa shape index (κ2) is 5.92. The Balaban J connectivity index is 2.45. The molecule has 0 saturated heterocycles. The van der Waals surface area contributed by atoms with Gasteiger partial charge in [0.05, 0.1) is 19.2 Å². The Morgan fingerprint density at radius 2 is 1.70 bits per heavy atom. The molecule has 0 radical (unpaired) electrons. The third-order valence-electron chi connectivity index (χ3n) is 2.80. The lowest BCUT2D eigenvalue weighted by Crippen LogP contribution is -2.03. The maximum Gasteiger partial charge on any atom is 0.193 e. The highest BCUT2D eigenvalue weighted by Crippen LogP contribution is 2.36. The van der Waals surface area contributed by atoms with Gasteiger partial charge in [-0.1, -0.05) is 11.6 Å². The summed E-state index contributed by atoms with van der Waals surface area (Å²) in [7, 11) is 2.92. The molecule has 0 N–H and O–H groups in total. The fourth-order valence-electron chi connectivity index (χ4n) is 1.82. The highest BCUT2D eigenvalue weighted by atomic mass is 35.5. The summed E-state index contributed by atoms with van der Waals surface area (Å²) < 4.78 is 23.1. The quantitative estimate of drug-likeness (QED) is 0.806. The van der Waals surface area contributed by atoms with Crippen LogP contribution in [0.3, 0.4) is 0 Å². The number of hydrogen-bond acceptors (Lipinski definition) is 3. The Morgan fingerprint density at radius 3 is 2.25 bits per heavy atom. The average molecular weight is 295 g/mol. The predicted molar refractivity (Wildman–Crippen MR) is 74.4 cm³/mol. The molecule has 0 aliphatic rings. The van der Waals surface area contributed by atoms with Crippen molar-refractivity contribution in [2.75, 3.05) is 14.2 Å². The fraction of sp³-hybridized carbons (Fsp3) is 0.133. The molecule has 2 aromatic rings. The maximum absolute atomic E-state index is 12.9. The summed E-state index contributed by atoms with van der Waals surface area (Å²) in [6, 6.07) is 8.33. The molecule has 0 amide bonds. The molecule has 0 aliphatic carbocycles. The summed E-state index contributed by atoms with van der Waals surface area (Å²) in [5.74, 6) is 0.0648. The van der Waals surface area contributed by atoms with E-state index >= 15 is 0 Å². The van der Waals surface area contributed by atoms with Crippen molar-refractivity contribution in [1.82, 2.24) is 0 Å². The molecule has 104 valence electrons. The summed E-state index contributed by atoms with van der Waals surface area (Å²) in [5, 5.41) is 0.275. The van der Waals surface area contributed by atoms with E-state index in [1.807, 2.05) is 0 Å². The van der Waals surface area contributed by atoms with Gasteiger partial charge in [-0.15, -0.1) is 0 Å². The molecule has 0 atom stereocenters. The normalized spacial score (nSPS) is 10.2. The highest BCUT2D eigenvalue weighted by Gasteiger charge is 2.16. The van der Waals surface area contributed by atoms with Crippen LogP contribution in [-0.2, 0) is 0 Å². The third kappa shape index (κ3) is 2.75. The molecular weight excluding hydrogens is 283 g/mol. The van der Waals surface area contributed by atoms with E-state index in [4.69, 9.17) is 21.1 Å². The molecule has 0 saturated carbocycles. The maximum atomic E-state index is 12.9. The van der Waals surface area contributed by atoms with Crippen LogP contribution in [0.2, 0.25) is 5.02 Å². The lowest BCUT2D eigenvalue weighted by atomic mass is 10.0. The van der Waals surface area contributed by atoms with Crippen LogP contribution in [0.4, 0.5) is 4.39 Å². The predicted octanol–water partition coefficient (Wildman–Crippen LogP) is 3.73. The van der Waals surface area contributed by atoms with E-state index < -0.39 is 5.82 Å². The Hall–Kier alpha value is -2.07. The molecule has 5 heteroatoms. The first-order valence-corrected chi connectivity index (χ1v) is 6.16. The lowest BCUT2D eigenvalue weighted by molar-refractivity contribution is 0.103. The van der Waals surface area contributed by atoms with Crippen molar-refractivity contribution in [3.05, 3.63) is 58.4 Å². The first kappa shape index (κ1) is 14.3. The van der Waals surface area contributed by atoms with E-state index in [-0.39, 0.29) is 10.8 Å². The van der Waals surface area contributed by atoms with Crippen molar-refractivity contribution < 1.29 is 18.7 Å². The van der Waals surface area contributed by atoms with E-state index in [2.05, 4.69) is 0 Å². The molecule has 0 aromatic heterocycles. The molecule has 3 nitrogen and oxygen atoms in total. The average Bonchev–Trinajstić information content (AvgIpc) is 2.46. The number of ether oxygens (including phenoxy) is 2. The van der Waals surface area contributed by atoms with Crippen LogP contribution in [0, 0.1) is 5.82 Å². The van der Waals surface area contributed by atoms with Gasteiger partial charge in [-0.25, -0.2) is 4.39 Å². The molecule has 0 aliphatic heterocycles. The van der Waals surface area contributed by atoms with Crippen LogP contribution >= 0.6 is 11.6 Å². The zero-order valence-corrected chi connectivity index (χ0v) is 11.7. The SMILES string of the molecule is COc1cc(C(=O)c2ccc(F)cc2)cc(Cl)c1OC. The number of rotatable bonds is 4. The monoisotopic (exact) mass is 294 g/mol. The number of halogens is 2. The number of carbonyl (C=O) groups is 1. The van der Waals surface area contributed by atoms with Gasteiger partial charge in [0.25, 0.3) is 0 Å². The highest BCUT2D eigenvalue weighted by molar-refractivity contribution is 6.33. The van der Waals surface area contributed by atoms with Gasteiger partial charge >= 0.3 is 0 Å². The van der Waals surface area contributed by atoms with Gasteiger partial charge in [0, 0.05) is 11.1 Å². The van der Waals surface area contributed by atoms with E-state index in [0.717, 1.165) is 0 Å². The van der Waals surface area contributed by atoms with E-state index in [0.29, 0.717) is 22.6 Å². The van der Waals surface area contributed by atoms with Crippen molar-refractivity contribution in [3.8, 4) is 11.5 Å². The third-order valence-corrected chi connectivity index (χ3v) is 3.08. The Labute approximate surface area is 120 Å². The van der Waals surface area contributed by atoms with Crippen molar-refractivity contribution in [2.45, 2.75) is 0 Å². The minimum atomic E-state index is -0.396. The summed E-state index contributed by atoms with van der Waals surface area (Å²) >= 11 is 6.05. The molecule has 2 rings (SSSR count). The largest absolute Gasteiger partial charge is 0.493 e. The van der Waals surface area contributed by atoms with Crippen LogP contribution in [0.25, 0.3) is 0 Å². The minimum absolute atomic E-state index is 0.271. The van der Waals surface area contributed by atoms with Crippen LogP contribution in [0.1, 0.15) is 15.9 Å². The van der Waals surface area contributed by atoms with Crippen LogP contribution in [-0.4, -0.2) is 20.0 Å². The van der Waals surface area contributed by atoms with Crippen LogP contribution in [0.5, 0.6) is 11.5 Å². The second-order valence-electron chi connectivity index (χ2n) is 4.03. The summed E-state index contributed by atoms with van der Waals surface area (Å²) in [4.78, 5) is 12.3. The molecule has 0 spiro atoms. The number of ketones is 1. The molecule has 0 bridgehead atoms. The van der Waals surface area contributed by atoms with Crippen molar-refractivity contribution >= 4 is 17.4 Å². The number of benzene rings is 2. The van der Waals surface area contributed by atoms with Crippen LogP contribution in [0.15, 0.2) is 36.4 Å². The van der Waals surface area contributed by atoms with Gasteiger partial charge in [0.15, 0.2) is 17.3 Å². The summed E-state index contributed by atoms with van der Waals surface area (Å²) in [6.07, 6.45) is 0. The Kier molecular flexibility index (Phi) is 4.25. The van der Waals surface area contributed by atoms with Gasteiger partial charge in [0.2, 0.25) is 0 Å². The smallest absolute Gasteiger partial charge is 0.193 e. The summed E-state index contributed by atoms with van der Waals surface area (Å²) in [6.45, 7) is 0. The van der Waals surface area contributed by atoms with Crippen LogP contribution < -0.4 is 9.47 Å². The van der Waals surface area contributed by atoms with Crippen molar-refractivity contribution in [3.63, 3.8) is 0 Å². The molecular formula is C15H12ClFO3. The number of carbonyl (C=O) groups excluding carboxylic acids is 1. The van der Waals surface area contributed by atoms with Gasteiger partial charge < -0.3 is 9.47 Å². The lowest BCUT2D eigenvalue weighted by Gasteiger charge is -2.11. The second-order valence-corrected chi connectivity index (χ2v) is 4.44. The number of methoxy groups -OCH3 is 2. The molecule has 0 fully saturated rings. The van der Waals surface area contributed by atoms with Gasteiger partial charge in [-0.2, -0.15) is 0 Å². The zero-order valence-electron chi connectivity index (χ0n) is 10.9. The summed E-state index contributed by atoms with van der Waals surface area (Å²) in [5.41, 5.74) is 0.717. The molecule has 2 aromatic carbocycles. The number of hydrogen-bond donors (Lipinski definition) is 0. The minimum Gasteiger partial charge on any atom is -0.493 e. The van der Waals surface area contributed by atoms with E-state index in [9.17, 15) is 9.18 Å². The molecule has 20 heavy (non-hydrogen) atoms. The Bertz CT molecular complexity index is 638. The van der Waals surface area contributed by atoms with Crippen molar-refractivity contribution in [2.24, 2.45) is 0 Å². The molecule has 0 heterocycles. The standard InChI is InChI=1S/C15H12ClFO3/c1-19-13-8-10(7-12(16)15(13)20-2)14(18)9-3-5-11(17)6-4-9/h3-8H,1-2H3. The Morgan fingerprint density at radius 1 is 1.05 bits per heavy atom. The fourth-order valence-corrected chi connectivity index (χ4v) is 2.10. The van der Waals surface area contributed by atoms with Gasteiger partial charge in [-0.3, -0.25) is 4.79 Å². The van der Waals surface area contributed by atoms with E-state index in [1.165, 1.54) is 50.6 Å². The topological polar surface area (TPSA) is 35.5 Å². The molecule has 0 unspecified atom stereocenters. The van der Waals surface area contributed by atoms with Crippen molar-refractivity contribution in [1.29, 1.82) is 0 Å².